The van der Waals surface area contributed by atoms with Crippen molar-refractivity contribution in [3.63, 3.8) is 0 Å². The van der Waals surface area contributed by atoms with Crippen molar-refractivity contribution in [1.82, 2.24) is 9.97 Å². The zero-order chi connectivity index (χ0) is 13.2. The monoisotopic (exact) mass is 255 g/mol. The third-order valence-corrected chi connectivity index (χ3v) is 2.85. The molecule has 1 aromatic carbocycles. The first-order chi connectivity index (χ1) is 9.26. The van der Waals surface area contributed by atoms with Gasteiger partial charge in [0.15, 0.2) is 11.6 Å². The van der Waals surface area contributed by atoms with Crippen LogP contribution in [0.4, 0.5) is 0 Å². The molecule has 0 amide bonds. The van der Waals surface area contributed by atoms with Crippen LogP contribution in [0.2, 0.25) is 0 Å². The van der Waals surface area contributed by atoms with Crippen LogP contribution in [0.1, 0.15) is 5.69 Å². The SMILES string of the molecule is NCCc1cc(=O)[nH]c(-c2cc3ccccc3o2)n1. The van der Waals surface area contributed by atoms with Gasteiger partial charge in [-0.3, -0.25) is 4.79 Å². The van der Waals surface area contributed by atoms with E-state index < -0.39 is 0 Å². The van der Waals surface area contributed by atoms with Crippen LogP contribution < -0.4 is 11.3 Å². The predicted molar refractivity (Wildman–Crippen MR) is 72.8 cm³/mol. The highest BCUT2D eigenvalue weighted by atomic mass is 16.3. The fourth-order valence-electron chi connectivity index (χ4n) is 2.00. The molecule has 0 atom stereocenters. The number of hydrogen-bond acceptors (Lipinski definition) is 4. The lowest BCUT2D eigenvalue weighted by molar-refractivity contribution is 0.623. The summed E-state index contributed by atoms with van der Waals surface area (Å²) in [7, 11) is 0. The molecule has 5 heteroatoms. The molecule has 0 fully saturated rings. The Hall–Kier alpha value is -2.40. The van der Waals surface area contributed by atoms with Gasteiger partial charge in [-0.1, -0.05) is 18.2 Å². The minimum Gasteiger partial charge on any atom is -0.453 e. The maximum atomic E-state index is 11.6. The number of nitrogens with two attached hydrogens (primary N) is 1. The van der Waals surface area contributed by atoms with E-state index in [9.17, 15) is 4.79 Å². The van der Waals surface area contributed by atoms with Gasteiger partial charge in [0.25, 0.3) is 5.56 Å². The summed E-state index contributed by atoms with van der Waals surface area (Å²) >= 11 is 0. The number of aromatic nitrogens is 2. The van der Waals surface area contributed by atoms with E-state index in [1.165, 1.54) is 6.07 Å². The molecule has 3 rings (SSSR count). The van der Waals surface area contributed by atoms with Crippen LogP contribution in [0.25, 0.3) is 22.6 Å². The highest BCUT2D eigenvalue weighted by Crippen LogP contribution is 2.24. The van der Waals surface area contributed by atoms with Crippen LogP contribution in [0, 0.1) is 0 Å². The Labute approximate surface area is 109 Å². The molecule has 3 N–H and O–H groups in total. The zero-order valence-electron chi connectivity index (χ0n) is 10.2. The van der Waals surface area contributed by atoms with Gasteiger partial charge in [-0.05, 0) is 18.7 Å². The summed E-state index contributed by atoms with van der Waals surface area (Å²) in [6.07, 6.45) is 0.567. The summed E-state index contributed by atoms with van der Waals surface area (Å²) in [6.45, 7) is 0.454. The molecule has 2 heterocycles. The van der Waals surface area contributed by atoms with Gasteiger partial charge in [-0.25, -0.2) is 4.98 Å². The predicted octanol–water partition coefficient (Wildman–Crippen LogP) is 1.68. The topological polar surface area (TPSA) is 84.9 Å². The number of rotatable bonds is 3. The van der Waals surface area contributed by atoms with Crippen molar-refractivity contribution in [3.05, 3.63) is 52.4 Å². The second-order valence-electron chi connectivity index (χ2n) is 4.27. The van der Waals surface area contributed by atoms with Crippen LogP contribution in [0.5, 0.6) is 0 Å². The molecule has 0 aliphatic carbocycles. The van der Waals surface area contributed by atoms with Crippen molar-refractivity contribution in [3.8, 4) is 11.6 Å². The number of aromatic amines is 1. The standard InChI is InChI=1S/C14H13N3O2/c15-6-5-10-8-13(18)17-14(16-10)12-7-9-3-1-2-4-11(9)19-12/h1-4,7-8H,5-6,15H2,(H,16,17,18). The summed E-state index contributed by atoms with van der Waals surface area (Å²) in [6, 6.07) is 11.0. The molecule has 2 aromatic heterocycles. The molecule has 3 aromatic rings. The Morgan fingerprint density at radius 2 is 2.11 bits per heavy atom. The molecule has 0 aliphatic rings. The highest BCUT2D eigenvalue weighted by molar-refractivity contribution is 5.81. The first kappa shape index (κ1) is 11.7. The van der Waals surface area contributed by atoms with Crippen molar-refractivity contribution in [2.75, 3.05) is 6.54 Å². The first-order valence-corrected chi connectivity index (χ1v) is 6.05. The summed E-state index contributed by atoms with van der Waals surface area (Å²) in [4.78, 5) is 18.6. The van der Waals surface area contributed by atoms with Gasteiger partial charge in [-0.2, -0.15) is 0 Å². The number of nitrogens with zero attached hydrogens (tertiary/aromatic N) is 1. The van der Waals surface area contributed by atoms with Crippen molar-refractivity contribution in [2.24, 2.45) is 5.73 Å². The number of nitrogens with one attached hydrogen (secondary N) is 1. The summed E-state index contributed by atoms with van der Waals surface area (Å²) in [5.41, 5.74) is 6.72. The molecule has 0 unspecified atom stereocenters. The summed E-state index contributed by atoms with van der Waals surface area (Å²) in [5.74, 6) is 0.990. The Bertz CT molecular complexity index is 740. The fourth-order valence-corrected chi connectivity index (χ4v) is 2.00. The highest BCUT2D eigenvalue weighted by Gasteiger charge is 2.09. The number of hydrogen-bond donors (Lipinski definition) is 2. The third kappa shape index (κ3) is 2.28. The quantitative estimate of drug-likeness (QED) is 0.745. The normalized spacial score (nSPS) is 11.0. The van der Waals surface area contributed by atoms with E-state index >= 15 is 0 Å². The van der Waals surface area contributed by atoms with Crippen molar-refractivity contribution >= 4 is 11.0 Å². The van der Waals surface area contributed by atoms with E-state index in [1.54, 1.807) is 0 Å². The number of fused-ring (bicyclic) bond motifs is 1. The molecular weight excluding hydrogens is 242 g/mol. The number of benzene rings is 1. The van der Waals surface area contributed by atoms with Gasteiger partial charge in [0.1, 0.15) is 5.58 Å². The second-order valence-corrected chi connectivity index (χ2v) is 4.27. The van der Waals surface area contributed by atoms with E-state index in [0.29, 0.717) is 30.2 Å². The van der Waals surface area contributed by atoms with E-state index in [4.69, 9.17) is 10.2 Å². The lowest BCUT2D eigenvalue weighted by Crippen LogP contribution is -2.13. The Morgan fingerprint density at radius 3 is 2.89 bits per heavy atom. The second kappa shape index (κ2) is 4.70. The van der Waals surface area contributed by atoms with Crippen molar-refractivity contribution in [2.45, 2.75) is 6.42 Å². The minimum atomic E-state index is -0.200. The van der Waals surface area contributed by atoms with E-state index in [0.717, 1.165) is 11.0 Å². The maximum absolute atomic E-state index is 11.6. The third-order valence-electron chi connectivity index (χ3n) is 2.85. The van der Waals surface area contributed by atoms with E-state index in [1.807, 2.05) is 30.3 Å². The van der Waals surface area contributed by atoms with Crippen LogP contribution in [-0.4, -0.2) is 16.5 Å². The lowest BCUT2D eigenvalue weighted by Gasteiger charge is -2.00. The Balaban J connectivity index is 2.12. The molecule has 0 saturated heterocycles. The average Bonchev–Trinajstić information content (AvgIpc) is 2.82. The van der Waals surface area contributed by atoms with Crippen LogP contribution in [0.15, 0.2) is 45.6 Å². The van der Waals surface area contributed by atoms with Crippen molar-refractivity contribution < 1.29 is 4.42 Å². The molecule has 0 aliphatic heterocycles. The van der Waals surface area contributed by atoms with Gasteiger partial charge in [0.05, 0.1) is 0 Å². The largest absolute Gasteiger partial charge is 0.453 e. The van der Waals surface area contributed by atoms with Gasteiger partial charge in [0, 0.05) is 23.6 Å². The van der Waals surface area contributed by atoms with Gasteiger partial charge < -0.3 is 15.1 Å². The molecule has 0 saturated carbocycles. The van der Waals surface area contributed by atoms with Crippen LogP contribution >= 0.6 is 0 Å². The molecule has 96 valence electrons. The molecule has 5 nitrogen and oxygen atoms in total. The number of furan rings is 1. The zero-order valence-corrected chi connectivity index (χ0v) is 10.2. The molecule has 0 radical (unpaired) electrons. The van der Waals surface area contributed by atoms with Crippen LogP contribution in [0.3, 0.4) is 0 Å². The lowest BCUT2D eigenvalue weighted by atomic mass is 10.2. The summed E-state index contributed by atoms with van der Waals surface area (Å²) < 4.78 is 5.68. The van der Waals surface area contributed by atoms with E-state index in [2.05, 4.69) is 9.97 Å². The van der Waals surface area contributed by atoms with Crippen molar-refractivity contribution in [1.29, 1.82) is 0 Å². The van der Waals surface area contributed by atoms with Crippen LogP contribution in [-0.2, 0) is 6.42 Å². The van der Waals surface area contributed by atoms with Gasteiger partial charge in [0.2, 0.25) is 0 Å². The minimum absolute atomic E-state index is 0.200. The van der Waals surface area contributed by atoms with Gasteiger partial charge in [-0.15, -0.1) is 0 Å². The molecule has 0 bridgehead atoms. The Kier molecular flexibility index (Phi) is 2.89. The average molecular weight is 255 g/mol. The van der Waals surface area contributed by atoms with E-state index in [-0.39, 0.29) is 5.56 Å². The summed E-state index contributed by atoms with van der Waals surface area (Å²) in [5, 5.41) is 0.976. The number of para-hydroxylation sites is 1. The Morgan fingerprint density at radius 1 is 1.26 bits per heavy atom. The maximum Gasteiger partial charge on any atom is 0.251 e. The molecular formula is C14H13N3O2. The molecule has 19 heavy (non-hydrogen) atoms. The number of H-pyrrole nitrogens is 1. The first-order valence-electron chi connectivity index (χ1n) is 6.05. The fraction of sp³-hybridized carbons (Fsp3) is 0.143. The molecule has 0 spiro atoms. The van der Waals surface area contributed by atoms with Gasteiger partial charge >= 0.3 is 0 Å². The smallest absolute Gasteiger partial charge is 0.251 e.